The third-order valence-corrected chi connectivity index (χ3v) is 6.14. The average molecular weight is 469 g/mol. The molecule has 0 aliphatic rings. The van der Waals surface area contributed by atoms with Gasteiger partial charge in [0.05, 0.1) is 16.3 Å². The second-order valence-corrected chi connectivity index (χ2v) is 8.26. The van der Waals surface area contributed by atoms with E-state index < -0.39 is 11.1 Å². The fourth-order valence-electron chi connectivity index (χ4n) is 4.17. The molecule has 0 bridgehead atoms. The van der Waals surface area contributed by atoms with Gasteiger partial charge in [0.25, 0.3) is 11.1 Å². The molecule has 0 spiro atoms. The highest BCUT2D eigenvalue weighted by atomic mass is 16.1. The summed E-state index contributed by atoms with van der Waals surface area (Å²) in [7, 11) is 0. The van der Waals surface area contributed by atoms with Gasteiger partial charge in [-0.15, -0.1) is 0 Å². The molecule has 35 heavy (non-hydrogen) atoms. The molecule has 4 heterocycles. The van der Waals surface area contributed by atoms with E-state index in [9.17, 15) is 9.59 Å². The van der Waals surface area contributed by atoms with Crippen molar-refractivity contribution in [2.24, 2.45) is 0 Å². The summed E-state index contributed by atoms with van der Waals surface area (Å²) in [6.45, 7) is 9.89. The normalized spacial score (nSPS) is 11.4. The van der Waals surface area contributed by atoms with E-state index in [1.807, 2.05) is 18.5 Å². The first kappa shape index (κ1) is 22.2. The zero-order valence-corrected chi connectivity index (χ0v) is 19.3. The topological polar surface area (TPSA) is 158 Å². The number of benzene rings is 1. The molecular weight excluding hydrogens is 444 g/mol. The smallest absolute Gasteiger partial charge is 0.272 e. The van der Waals surface area contributed by atoms with Gasteiger partial charge >= 0.3 is 0 Å². The Hall–Kier alpha value is -4.57. The Morgan fingerprint density at radius 3 is 2.74 bits per heavy atom. The zero-order valence-electron chi connectivity index (χ0n) is 19.3. The van der Waals surface area contributed by atoms with Crippen molar-refractivity contribution in [3.05, 3.63) is 86.6 Å². The molecule has 5 rings (SSSR count). The van der Waals surface area contributed by atoms with Gasteiger partial charge in [-0.3, -0.25) is 24.8 Å². The monoisotopic (exact) mass is 468 g/mol. The number of aromatic nitrogens is 6. The molecule has 5 aromatic rings. The predicted molar refractivity (Wildman–Crippen MR) is 137 cm³/mol. The van der Waals surface area contributed by atoms with Crippen molar-refractivity contribution in [2.75, 3.05) is 12.3 Å². The summed E-state index contributed by atoms with van der Waals surface area (Å²) in [5, 5.41) is 8.48. The Labute approximate surface area is 199 Å². The minimum atomic E-state index is -0.433. The van der Waals surface area contributed by atoms with E-state index in [1.165, 1.54) is 0 Å². The lowest BCUT2D eigenvalue weighted by molar-refractivity contribution is 0.721. The van der Waals surface area contributed by atoms with Crippen LogP contribution >= 0.6 is 0 Å². The summed E-state index contributed by atoms with van der Waals surface area (Å²) < 4.78 is 0. The standard InChI is InChI=1S/C25H24N8O2/c1-4-27-8-15-9-28-11-18(12(15)2)14-7-17(22(26)29-10-14)13(3)23-30-19-6-5-16-20(21(19)31-23)25(35)33-32-24(16)34/h5-7,9-11,27H,3-4,8H2,1-2H3,(H2,26,29)(H,30,31)(H,32,34)(H,33,35). The molecule has 0 atom stereocenters. The minimum absolute atomic E-state index is 0.209. The van der Waals surface area contributed by atoms with Crippen molar-refractivity contribution in [3.63, 3.8) is 0 Å². The maximum Gasteiger partial charge on any atom is 0.272 e. The summed E-state index contributed by atoms with van der Waals surface area (Å²) in [6, 6.07) is 5.21. The second kappa shape index (κ2) is 8.65. The third kappa shape index (κ3) is 3.79. The van der Waals surface area contributed by atoms with Gasteiger partial charge in [-0.05, 0) is 42.8 Å². The Morgan fingerprint density at radius 2 is 1.94 bits per heavy atom. The molecule has 4 aromatic heterocycles. The van der Waals surface area contributed by atoms with Gasteiger partial charge in [0.2, 0.25) is 0 Å². The van der Waals surface area contributed by atoms with Crippen molar-refractivity contribution in [1.29, 1.82) is 0 Å². The van der Waals surface area contributed by atoms with Crippen molar-refractivity contribution in [3.8, 4) is 11.1 Å². The van der Waals surface area contributed by atoms with E-state index in [-0.39, 0.29) is 10.8 Å². The van der Waals surface area contributed by atoms with Crippen LogP contribution in [0.1, 0.15) is 29.4 Å². The first-order chi connectivity index (χ1) is 16.9. The number of aromatic amines is 3. The number of nitrogens with zero attached hydrogens (tertiary/aromatic N) is 3. The highest BCUT2D eigenvalue weighted by Crippen LogP contribution is 2.32. The van der Waals surface area contributed by atoms with Gasteiger partial charge < -0.3 is 16.0 Å². The molecule has 1 aromatic carbocycles. The minimum Gasteiger partial charge on any atom is -0.383 e. The zero-order chi connectivity index (χ0) is 24.7. The lowest BCUT2D eigenvalue weighted by Gasteiger charge is -2.13. The van der Waals surface area contributed by atoms with Crippen LogP contribution in [0.5, 0.6) is 0 Å². The van der Waals surface area contributed by atoms with E-state index in [0.717, 1.165) is 35.3 Å². The van der Waals surface area contributed by atoms with Crippen LogP contribution in [0.3, 0.4) is 0 Å². The number of fused-ring (bicyclic) bond motifs is 3. The van der Waals surface area contributed by atoms with E-state index >= 15 is 0 Å². The van der Waals surface area contributed by atoms with Gasteiger partial charge in [0.1, 0.15) is 17.2 Å². The first-order valence-corrected chi connectivity index (χ1v) is 11.1. The van der Waals surface area contributed by atoms with Crippen molar-refractivity contribution >= 4 is 33.2 Å². The number of hydrogen-bond acceptors (Lipinski definition) is 7. The van der Waals surface area contributed by atoms with Crippen LogP contribution in [-0.4, -0.2) is 36.7 Å². The maximum atomic E-state index is 12.4. The van der Waals surface area contributed by atoms with Crippen LogP contribution in [0.15, 0.2) is 53.0 Å². The molecule has 6 N–H and O–H groups in total. The fraction of sp³-hybridized carbons (Fsp3) is 0.160. The van der Waals surface area contributed by atoms with Gasteiger partial charge in [0, 0.05) is 47.4 Å². The molecule has 0 aliphatic heterocycles. The van der Waals surface area contributed by atoms with Gasteiger partial charge in [-0.25, -0.2) is 9.97 Å². The Bertz CT molecular complexity index is 1730. The lowest BCUT2D eigenvalue weighted by atomic mass is 9.97. The highest BCUT2D eigenvalue weighted by Gasteiger charge is 2.17. The van der Waals surface area contributed by atoms with E-state index in [1.54, 1.807) is 18.3 Å². The molecule has 0 saturated carbocycles. The van der Waals surface area contributed by atoms with Crippen LogP contribution < -0.4 is 22.2 Å². The second-order valence-electron chi connectivity index (χ2n) is 8.26. The van der Waals surface area contributed by atoms with E-state index in [0.29, 0.717) is 33.8 Å². The average Bonchev–Trinajstić information content (AvgIpc) is 3.30. The SMILES string of the molecule is C=C(c1nc2c(ccc3c(=O)[nH][nH]c(=O)c32)[nH]1)c1cc(-c2cncc(CNCC)c2C)cnc1N. The summed E-state index contributed by atoms with van der Waals surface area (Å²) in [4.78, 5) is 41.2. The molecule has 176 valence electrons. The van der Waals surface area contributed by atoms with Crippen LogP contribution in [0.4, 0.5) is 5.82 Å². The number of nitrogen functional groups attached to an aromatic ring is 1. The summed E-state index contributed by atoms with van der Waals surface area (Å²) in [6.07, 6.45) is 5.38. The van der Waals surface area contributed by atoms with Crippen LogP contribution in [0.25, 0.3) is 38.5 Å². The molecule has 0 saturated heterocycles. The molecule has 10 heteroatoms. The Kier molecular flexibility index (Phi) is 5.50. The van der Waals surface area contributed by atoms with Gasteiger partial charge in [-0.1, -0.05) is 13.5 Å². The Balaban J connectivity index is 1.60. The fourth-order valence-corrected chi connectivity index (χ4v) is 4.17. The van der Waals surface area contributed by atoms with Crippen LogP contribution in [-0.2, 0) is 6.54 Å². The van der Waals surface area contributed by atoms with Crippen molar-refractivity contribution < 1.29 is 0 Å². The number of nitrogens with two attached hydrogens (primary N) is 1. The van der Waals surface area contributed by atoms with Gasteiger partial charge in [0.15, 0.2) is 0 Å². The predicted octanol–water partition coefficient (Wildman–Crippen LogP) is 2.61. The number of imidazole rings is 1. The number of hydrogen-bond donors (Lipinski definition) is 5. The summed E-state index contributed by atoms with van der Waals surface area (Å²) in [5.41, 5.74) is 11.5. The largest absolute Gasteiger partial charge is 0.383 e. The van der Waals surface area contributed by atoms with E-state index in [4.69, 9.17) is 5.73 Å². The lowest BCUT2D eigenvalue weighted by Crippen LogP contribution is -2.19. The summed E-state index contributed by atoms with van der Waals surface area (Å²) >= 11 is 0. The van der Waals surface area contributed by atoms with E-state index in [2.05, 4.69) is 55.9 Å². The highest BCUT2D eigenvalue weighted by molar-refractivity contribution is 6.04. The van der Waals surface area contributed by atoms with Gasteiger partial charge in [-0.2, -0.15) is 0 Å². The number of anilines is 1. The third-order valence-electron chi connectivity index (χ3n) is 6.14. The molecule has 10 nitrogen and oxygen atoms in total. The molecule has 0 radical (unpaired) electrons. The number of nitrogens with one attached hydrogen (secondary N) is 4. The Morgan fingerprint density at radius 1 is 1.14 bits per heavy atom. The molecular formula is C25H24N8O2. The van der Waals surface area contributed by atoms with Crippen LogP contribution in [0.2, 0.25) is 0 Å². The van der Waals surface area contributed by atoms with Crippen molar-refractivity contribution in [2.45, 2.75) is 20.4 Å². The maximum absolute atomic E-state index is 12.4. The van der Waals surface area contributed by atoms with Crippen molar-refractivity contribution in [1.82, 2.24) is 35.5 Å². The molecule has 0 fully saturated rings. The number of rotatable bonds is 6. The number of H-pyrrole nitrogens is 3. The number of pyridine rings is 2. The molecule has 0 amide bonds. The molecule has 0 unspecified atom stereocenters. The molecule has 0 aliphatic carbocycles. The van der Waals surface area contributed by atoms with Crippen LogP contribution in [0, 0.1) is 6.92 Å². The first-order valence-electron chi connectivity index (χ1n) is 11.1. The summed E-state index contributed by atoms with van der Waals surface area (Å²) in [5.74, 6) is 0.723. The quantitative estimate of drug-likeness (QED) is 0.256.